The van der Waals surface area contributed by atoms with E-state index in [4.69, 9.17) is 28.2 Å². The number of aromatic nitrogens is 3. The van der Waals surface area contributed by atoms with Gasteiger partial charge in [0.25, 0.3) is 0 Å². The van der Waals surface area contributed by atoms with Crippen LogP contribution in [0.3, 0.4) is 0 Å². The lowest BCUT2D eigenvalue weighted by atomic mass is 9.72. The molecule has 2 aromatic carbocycles. The zero-order valence-corrected chi connectivity index (χ0v) is 25.3. The maximum absolute atomic E-state index is 13.4. The first-order valence-electron chi connectivity index (χ1n) is 13.1. The van der Waals surface area contributed by atoms with Crippen LogP contribution in [-0.4, -0.2) is 42.5 Å². The number of nitrogens with zero attached hydrogens (tertiary/aromatic N) is 4. The molecule has 4 aromatic rings. The molecular formula is C29H31Cl2N5OS2. The minimum Gasteiger partial charge on any atom is -0.340 e. The molecule has 0 bridgehead atoms. The number of hydrogen-bond acceptors (Lipinski definition) is 5. The minimum atomic E-state index is -1.19. The summed E-state index contributed by atoms with van der Waals surface area (Å²) in [6.45, 7) is 7.63. The molecule has 1 aliphatic heterocycles. The Morgan fingerprint density at radius 2 is 1.79 bits per heavy atom. The highest BCUT2D eigenvalue weighted by molar-refractivity contribution is 7.99. The Hall–Kier alpha value is -2.10. The first kappa shape index (κ1) is 27.1. The summed E-state index contributed by atoms with van der Waals surface area (Å²) in [5, 5.41) is 1.05. The second-order valence-electron chi connectivity index (χ2n) is 11.4. The number of fused-ring (bicyclic) bond motifs is 2. The highest BCUT2D eigenvalue weighted by Crippen LogP contribution is 2.46. The van der Waals surface area contributed by atoms with Crippen molar-refractivity contribution in [2.45, 2.75) is 60.6 Å². The zero-order valence-electron chi connectivity index (χ0n) is 22.2. The quantitative estimate of drug-likeness (QED) is 0.280. The van der Waals surface area contributed by atoms with Gasteiger partial charge in [0.1, 0.15) is 0 Å². The lowest BCUT2D eigenvalue weighted by Crippen LogP contribution is -2.60. The fourth-order valence-electron chi connectivity index (χ4n) is 5.70. The topological polar surface area (TPSA) is 62.5 Å². The van der Waals surface area contributed by atoms with Crippen molar-refractivity contribution in [1.82, 2.24) is 19.1 Å². The number of hydrogen-bond donors (Lipinski definition) is 1. The van der Waals surface area contributed by atoms with Crippen molar-refractivity contribution in [2.75, 3.05) is 18.0 Å². The van der Waals surface area contributed by atoms with Crippen LogP contribution in [-0.2, 0) is 23.8 Å². The van der Waals surface area contributed by atoms with Crippen molar-refractivity contribution in [1.29, 1.82) is 0 Å². The Morgan fingerprint density at radius 1 is 1.05 bits per heavy atom. The fraction of sp³-hybridized carbons (Fsp3) is 0.379. The molecule has 2 aromatic heterocycles. The van der Waals surface area contributed by atoms with Crippen molar-refractivity contribution in [3.05, 3.63) is 82.2 Å². The van der Waals surface area contributed by atoms with Gasteiger partial charge in [-0.05, 0) is 68.7 Å². The van der Waals surface area contributed by atoms with Gasteiger partial charge in [0.15, 0.2) is 5.65 Å². The van der Waals surface area contributed by atoms with Crippen LogP contribution < -0.4 is 9.62 Å². The van der Waals surface area contributed by atoms with E-state index in [1.165, 1.54) is 22.9 Å². The lowest BCUT2D eigenvalue weighted by Gasteiger charge is -2.47. The van der Waals surface area contributed by atoms with Crippen molar-refractivity contribution in [2.24, 2.45) is 5.41 Å². The molecule has 1 spiro atoms. The molecule has 1 saturated heterocycles. The summed E-state index contributed by atoms with van der Waals surface area (Å²) >= 11 is 14.2. The number of halogens is 2. The average molecular weight is 601 g/mol. The predicted molar refractivity (Wildman–Crippen MR) is 162 cm³/mol. The third-order valence-corrected chi connectivity index (χ3v) is 11.4. The van der Waals surface area contributed by atoms with Gasteiger partial charge in [0, 0.05) is 42.6 Å². The molecule has 2 atom stereocenters. The summed E-state index contributed by atoms with van der Waals surface area (Å²) in [5.41, 5.74) is 3.66. The van der Waals surface area contributed by atoms with Crippen LogP contribution in [0.2, 0.25) is 10.0 Å². The Kier molecular flexibility index (Phi) is 7.21. The molecule has 1 N–H and O–H groups in total. The van der Waals surface area contributed by atoms with Crippen molar-refractivity contribution < 1.29 is 4.21 Å². The molecule has 0 amide bonds. The minimum absolute atomic E-state index is 0.0221. The highest BCUT2D eigenvalue weighted by atomic mass is 35.5. The Balaban J connectivity index is 1.32. The summed E-state index contributed by atoms with van der Waals surface area (Å²) in [7, 11) is -1.19. The lowest BCUT2D eigenvalue weighted by molar-refractivity contribution is 0.181. The Morgan fingerprint density at radius 3 is 2.51 bits per heavy atom. The van der Waals surface area contributed by atoms with Crippen LogP contribution in [0, 0.1) is 5.41 Å². The van der Waals surface area contributed by atoms with Gasteiger partial charge in [-0.25, -0.2) is 18.9 Å². The number of anilines is 1. The summed E-state index contributed by atoms with van der Waals surface area (Å²) in [4.78, 5) is 13.6. The zero-order chi connectivity index (χ0) is 27.4. The molecule has 1 aliphatic carbocycles. The maximum Gasteiger partial charge on any atom is 0.211 e. The van der Waals surface area contributed by atoms with Crippen LogP contribution >= 0.6 is 35.0 Å². The standard InChI is InChI=1S/C29H31Cl2N5OS2/c1-28(2,3)39(37)34-24-18-35(13-11-29(24)15-19-7-4-5-8-20(19)16-29)27-33-17-23(26-32-12-14-36(26)27)38-22-10-6-9-21(30)25(22)31/h4-10,12,14,17,24,34H,11,13,15-16,18H2,1-3H3. The molecule has 0 radical (unpaired) electrons. The van der Waals surface area contributed by atoms with E-state index < -0.39 is 11.0 Å². The molecule has 10 heteroatoms. The predicted octanol–water partition coefficient (Wildman–Crippen LogP) is 6.60. The van der Waals surface area contributed by atoms with Gasteiger partial charge >= 0.3 is 0 Å². The van der Waals surface area contributed by atoms with E-state index in [9.17, 15) is 4.21 Å². The first-order chi connectivity index (χ1) is 18.6. The Labute approximate surface area is 246 Å². The molecule has 1 fully saturated rings. The van der Waals surface area contributed by atoms with E-state index in [-0.39, 0.29) is 16.2 Å². The van der Waals surface area contributed by atoms with E-state index in [0.29, 0.717) is 16.6 Å². The summed E-state index contributed by atoms with van der Waals surface area (Å²) < 4.78 is 18.6. The molecule has 3 heterocycles. The highest BCUT2D eigenvalue weighted by Gasteiger charge is 2.48. The van der Waals surface area contributed by atoms with Crippen molar-refractivity contribution in [3.8, 4) is 0 Å². The normalized spacial score (nSPS) is 19.5. The SMILES string of the molecule is CC(C)(C)S(=O)NC1CN(c2ncc(Sc3cccc(Cl)c3Cl)c3nccn23)CCC12Cc1ccccc1C2. The number of nitrogens with one attached hydrogen (secondary N) is 1. The second-order valence-corrected chi connectivity index (χ2v) is 15.3. The number of piperidine rings is 1. The molecule has 6 rings (SSSR count). The van der Waals surface area contributed by atoms with Gasteiger partial charge in [-0.15, -0.1) is 0 Å². The second kappa shape index (κ2) is 10.4. The number of rotatable bonds is 5. The van der Waals surface area contributed by atoms with E-state index in [2.05, 4.69) is 38.9 Å². The summed E-state index contributed by atoms with van der Waals surface area (Å²) in [6, 6.07) is 14.4. The van der Waals surface area contributed by atoms with Gasteiger partial charge in [-0.3, -0.25) is 4.40 Å². The Bertz CT molecular complexity index is 1540. The average Bonchev–Trinajstić information content (AvgIpc) is 3.53. The van der Waals surface area contributed by atoms with Gasteiger partial charge in [0.2, 0.25) is 5.95 Å². The maximum atomic E-state index is 13.4. The summed E-state index contributed by atoms with van der Waals surface area (Å²) in [5.74, 6) is 0.836. The summed E-state index contributed by atoms with van der Waals surface area (Å²) in [6.07, 6.45) is 8.60. The van der Waals surface area contributed by atoms with Crippen LogP contribution in [0.15, 0.2) is 70.8 Å². The van der Waals surface area contributed by atoms with E-state index >= 15 is 0 Å². The first-order valence-corrected chi connectivity index (χ1v) is 15.8. The third-order valence-electron chi connectivity index (χ3n) is 7.82. The number of imidazole rings is 1. The van der Waals surface area contributed by atoms with Crippen LogP contribution in [0.1, 0.15) is 38.3 Å². The molecular weight excluding hydrogens is 569 g/mol. The molecule has 0 saturated carbocycles. The van der Waals surface area contributed by atoms with E-state index in [1.54, 1.807) is 12.3 Å². The third kappa shape index (κ3) is 5.10. The van der Waals surface area contributed by atoms with Gasteiger partial charge in [-0.1, -0.05) is 65.3 Å². The molecule has 204 valence electrons. The monoisotopic (exact) mass is 599 g/mol. The van der Waals surface area contributed by atoms with E-state index in [1.807, 2.05) is 49.7 Å². The van der Waals surface area contributed by atoms with Crippen LogP contribution in [0.4, 0.5) is 5.95 Å². The smallest absolute Gasteiger partial charge is 0.211 e. The van der Waals surface area contributed by atoms with Crippen molar-refractivity contribution in [3.63, 3.8) is 0 Å². The van der Waals surface area contributed by atoms with Gasteiger partial charge < -0.3 is 4.90 Å². The van der Waals surface area contributed by atoms with Crippen LogP contribution in [0.25, 0.3) is 5.65 Å². The fourth-order valence-corrected chi connectivity index (χ4v) is 8.04. The van der Waals surface area contributed by atoms with E-state index in [0.717, 1.165) is 47.2 Å². The van der Waals surface area contributed by atoms with Gasteiger partial charge in [0.05, 0.1) is 30.7 Å². The van der Waals surface area contributed by atoms with Gasteiger partial charge in [-0.2, -0.15) is 0 Å². The molecule has 2 unspecified atom stereocenters. The van der Waals surface area contributed by atoms with Crippen molar-refractivity contribution >= 4 is 57.5 Å². The van der Waals surface area contributed by atoms with Crippen LogP contribution in [0.5, 0.6) is 0 Å². The molecule has 39 heavy (non-hydrogen) atoms. The molecule has 6 nitrogen and oxygen atoms in total. The number of benzene rings is 2. The largest absolute Gasteiger partial charge is 0.340 e. The molecule has 2 aliphatic rings.